The maximum absolute atomic E-state index is 5.44. The van der Waals surface area contributed by atoms with Crippen molar-refractivity contribution in [1.29, 1.82) is 0 Å². The molecule has 1 aromatic rings. The van der Waals surface area contributed by atoms with E-state index in [-0.39, 0.29) is 0 Å². The Kier molecular flexibility index (Phi) is 3.57. The fraction of sp³-hybridized carbons (Fsp3) is 0.333. The van der Waals surface area contributed by atoms with E-state index in [1.165, 1.54) is 10.8 Å². The van der Waals surface area contributed by atoms with Gasteiger partial charge in [0.15, 0.2) is 0 Å². The first-order valence-corrected chi connectivity index (χ1v) is 4.93. The molecule has 0 aliphatic rings. The van der Waals surface area contributed by atoms with E-state index in [9.17, 15) is 0 Å². The van der Waals surface area contributed by atoms with E-state index in [0.717, 1.165) is 5.35 Å². The molecule has 0 saturated heterocycles. The van der Waals surface area contributed by atoms with Crippen LogP contribution >= 0.6 is 0 Å². The third-order valence-corrected chi connectivity index (χ3v) is 2.28. The van der Waals surface area contributed by atoms with Gasteiger partial charge in [-0.3, -0.25) is 0 Å². The minimum Gasteiger partial charge on any atom is -0.405 e. The standard InChI is InChI=1S/C12H18N2/c1-4-12-11(6-8-14-12)10(5-7-13)9(2)3/h4-9,14H,13H2,1-3H3/b7-5-,11-10+,12-4+. The maximum atomic E-state index is 5.44. The molecule has 1 rings (SSSR count). The third-order valence-electron chi connectivity index (χ3n) is 2.28. The quantitative estimate of drug-likeness (QED) is 0.720. The lowest BCUT2D eigenvalue weighted by Gasteiger charge is -2.04. The highest BCUT2D eigenvalue weighted by atomic mass is 14.6. The molecule has 0 aromatic carbocycles. The second kappa shape index (κ2) is 4.70. The Morgan fingerprint density at radius 2 is 2.21 bits per heavy atom. The Labute approximate surface area is 84.8 Å². The predicted molar refractivity (Wildman–Crippen MR) is 61.8 cm³/mol. The molecule has 0 spiro atoms. The molecule has 1 heterocycles. The fourth-order valence-corrected chi connectivity index (χ4v) is 1.57. The van der Waals surface area contributed by atoms with Gasteiger partial charge in [0.25, 0.3) is 0 Å². The number of nitrogens with two attached hydrogens (primary N) is 1. The van der Waals surface area contributed by atoms with Gasteiger partial charge < -0.3 is 10.7 Å². The zero-order valence-electron chi connectivity index (χ0n) is 9.04. The van der Waals surface area contributed by atoms with Gasteiger partial charge >= 0.3 is 0 Å². The lowest BCUT2D eigenvalue weighted by Crippen LogP contribution is -2.25. The largest absolute Gasteiger partial charge is 0.405 e. The lowest BCUT2D eigenvalue weighted by molar-refractivity contribution is 0.854. The number of hydrogen-bond acceptors (Lipinski definition) is 1. The Hall–Kier alpha value is -1.44. The van der Waals surface area contributed by atoms with Crippen LogP contribution in [0, 0.1) is 5.92 Å². The molecule has 14 heavy (non-hydrogen) atoms. The Bertz CT molecular complexity index is 421. The summed E-state index contributed by atoms with van der Waals surface area (Å²) in [6.07, 6.45) is 7.60. The van der Waals surface area contributed by atoms with Crippen LogP contribution in [0.5, 0.6) is 0 Å². The van der Waals surface area contributed by atoms with Crippen molar-refractivity contribution in [1.82, 2.24) is 4.98 Å². The van der Waals surface area contributed by atoms with E-state index >= 15 is 0 Å². The highest BCUT2D eigenvalue weighted by molar-refractivity contribution is 5.58. The minimum absolute atomic E-state index is 0.476. The molecule has 0 bridgehead atoms. The number of nitrogens with one attached hydrogen (secondary N) is 1. The Balaban J connectivity index is 3.52. The zero-order valence-corrected chi connectivity index (χ0v) is 9.04. The molecule has 0 fully saturated rings. The summed E-state index contributed by atoms with van der Waals surface area (Å²) >= 11 is 0. The van der Waals surface area contributed by atoms with E-state index in [4.69, 9.17) is 5.73 Å². The highest BCUT2D eigenvalue weighted by Gasteiger charge is 2.01. The van der Waals surface area contributed by atoms with Gasteiger partial charge in [0.05, 0.1) is 0 Å². The molecule has 1 aromatic heterocycles. The first kappa shape index (κ1) is 10.6. The van der Waals surface area contributed by atoms with Crippen LogP contribution in [0.3, 0.4) is 0 Å². The predicted octanol–water partition coefficient (Wildman–Crippen LogP) is 1.09. The van der Waals surface area contributed by atoms with Gasteiger partial charge in [0.2, 0.25) is 0 Å². The number of H-pyrrole nitrogens is 1. The second-order valence-electron chi connectivity index (χ2n) is 3.56. The summed E-state index contributed by atoms with van der Waals surface area (Å²) in [4.78, 5) is 3.20. The summed E-state index contributed by atoms with van der Waals surface area (Å²) < 4.78 is 0. The van der Waals surface area contributed by atoms with Crippen molar-refractivity contribution in [2.24, 2.45) is 11.7 Å². The average Bonchev–Trinajstić information content (AvgIpc) is 2.61. The summed E-state index contributed by atoms with van der Waals surface area (Å²) in [6, 6.07) is 2.09. The summed E-state index contributed by atoms with van der Waals surface area (Å²) in [5, 5.41) is 2.40. The van der Waals surface area contributed by atoms with Crippen molar-refractivity contribution in [3.05, 3.63) is 35.1 Å². The van der Waals surface area contributed by atoms with Gasteiger partial charge in [0.1, 0.15) is 0 Å². The molecule has 2 heteroatoms. The molecular formula is C12H18N2. The van der Waals surface area contributed by atoms with Gasteiger partial charge in [-0.15, -0.1) is 0 Å². The molecule has 0 radical (unpaired) electrons. The van der Waals surface area contributed by atoms with E-state index in [0.29, 0.717) is 5.92 Å². The van der Waals surface area contributed by atoms with Gasteiger partial charge in [-0.25, -0.2) is 0 Å². The maximum Gasteiger partial charge on any atom is 0.0413 e. The molecule has 0 aliphatic carbocycles. The summed E-state index contributed by atoms with van der Waals surface area (Å²) in [5.41, 5.74) is 6.71. The molecule has 0 unspecified atom stereocenters. The van der Waals surface area contributed by atoms with Gasteiger partial charge in [0, 0.05) is 16.8 Å². The van der Waals surface area contributed by atoms with Crippen LogP contribution in [0.4, 0.5) is 0 Å². The summed E-state index contributed by atoms with van der Waals surface area (Å²) in [6.45, 7) is 6.36. The van der Waals surface area contributed by atoms with E-state index in [1.807, 2.05) is 19.2 Å². The van der Waals surface area contributed by atoms with Crippen LogP contribution in [0.2, 0.25) is 0 Å². The van der Waals surface area contributed by atoms with Gasteiger partial charge in [-0.05, 0) is 36.8 Å². The molecule has 76 valence electrons. The highest BCUT2D eigenvalue weighted by Crippen LogP contribution is 2.08. The average molecular weight is 190 g/mol. The van der Waals surface area contributed by atoms with Crippen LogP contribution in [-0.4, -0.2) is 4.98 Å². The number of allylic oxidation sites excluding steroid dienone is 1. The number of rotatable bonds is 2. The minimum atomic E-state index is 0.476. The topological polar surface area (TPSA) is 41.8 Å². The smallest absolute Gasteiger partial charge is 0.0413 e. The summed E-state index contributed by atoms with van der Waals surface area (Å²) in [5.74, 6) is 0.476. The molecule has 0 amide bonds. The van der Waals surface area contributed by atoms with Crippen molar-refractivity contribution in [3.63, 3.8) is 0 Å². The van der Waals surface area contributed by atoms with Crippen LogP contribution in [-0.2, 0) is 0 Å². The Morgan fingerprint density at radius 3 is 2.71 bits per heavy atom. The zero-order chi connectivity index (χ0) is 10.6. The van der Waals surface area contributed by atoms with Crippen molar-refractivity contribution in [2.75, 3.05) is 0 Å². The lowest BCUT2D eigenvalue weighted by atomic mass is 10.0. The van der Waals surface area contributed by atoms with E-state index < -0.39 is 0 Å². The van der Waals surface area contributed by atoms with Gasteiger partial charge in [-0.1, -0.05) is 19.9 Å². The monoisotopic (exact) mass is 190 g/mol. The normalized spacial score (nSPS) is 15.6. The Morgan fingerprint density at radius 1 is 1.50 bits per heavy atom. The van der Waals surface area contributed by atoms with Crippen LogP contribution in [0.25, 0.3) is 11.6 Å². The van der Waals surface area contributed by atoms with Crippen LogP contribution < -0.4 is 16.3 Å². The molecule has 0 aliphatic heterocycles. The third kappa shape index (κ3) is 2.08. The first-order valence-electron chi connectivity index (χ1n) is 4.93. The van der Waals surface area contributed by atoms with E-state index in [2.05, 4.69) is 31.0 Å². The van der Waals surface area contributed by atoms with Crippen molar-refractivity contribution in [2.45, 2.75) is 20.8 Å². The van der Waals surface area contributed by atoms with Crippen molar-refractivity contribution < 1.29 is 0 Å². The van der Waals surface area contributed by atoms with Crippen molar-refractivity contribution in [3.8, 4) is 0 Å². The molecule has 2 nitrogen and oxygen atoms in total. The second-order valence-corrected chi connectivity index (χ2v) is 3.56. The SMILES string of the molecule is C/C=c1/[nH]cc/c1=C(/C=C\N)C(C)C. The number of aromatic nitrogens is 1. The van der Waals surface area contributed by atoms with Crippen molar-refractivity contribution >= 4 is 11.6 Å². The van der Waals surface area contributed by atoms with Crippen LogP contribution in [0.1, 0.15) is 20.8 Å². The molecule has 3 N–H and O–H groups in total. The van der Waals surface area contributed by atoms with E-state index in [1.54, 1.807) is 6.20 Å². The van der Waals surface area contributed by atoms with Gasteiger partial charge in [-0.2, -0.15) is 0 Å². The number of hydrogen-bond donors (Lipinski definition) is 2. The summed E-state index contributed by atoms with van der Waals surface area (Å²) in [7, 11) is 0. The first-order chi connectivity index (χ1) is 6.70. The molecular weight excluding hydrogens is 172 g/mol. The number of aromatic amines is 1. The molecule has 0 saturated carbocycles. The fourth-order valence-electron chi connectivity index (χ4n) is 1.57. The van der Waals surface area contributed by atoms with Crippen LogP contribution in [0.15, 0.2) is 24.5 Å². The molecule has 0 atom stereocenters.